The van der Waals surface area contributed by atoms with Crippen molar-refractivity contribution in [3.63, 3.8) is 0 Å². The van der Waals surface area contributed by atoms with Gasteiger partial charge in [-0.2, -0.15) is 11.3 Å². The molecule has 0 saturated heterocycles. The molecule has 0 unspecified atom stereocenters. The number of amides is 1. The lowest BCUT2D eigenvalue weighted by Gasteiger charge is -2.06. The van der Waals surface area contributed by atoms with Crippen LogP contribution in [-0.2, 0) is 11.2 Å². The van der Waals surface area contributed by atoms with Gasteiger partial charge >= 0.3 is 0 Å². The van der Waals surface area contributed by atoms with Gasteiger partial charge in [-0.1, -0.05) is 0 Å². The van der Waals surface area contributed by atoms with Crippen molar-refractivity contribution in [2.24, 2.45) is 0 Å². The number of carbonyl (C=O) groups is 1. The molecular formula is C12H15N3O2S. The van der Waals surface area contributed by atoms with E-state index in [0.29, 0.717) is 24.6 Å². The zero-order chi connectivity index (χ0) is 13.0. The molecule has 5 nitrogen and oxygen atoms in total. The van der Waals surface area contributed by atoms with Gasteiger partial charge in [-0.05, 0) is 25.3 Å². The summed E-state index contributed by atoms with van der Waals surface area (Å²) in [4.78, 5) is 11.5. The van der Waals surface area contributed by atoms with Gasteiger partial charge in [0.15, 0.2) is 0 Å². The molecule has 0 aliphatic heterocycles. The molecule has 96 valence electrons. The molecule has 2 aromatic heterocycles. The fourth-order valence-corrected chi connectivity index (χ4v) is 2.10. The molecule has 1 N–H and O–H groups in total. The second kappa shape index (κ2) is 5.77. The summed E-state index contributed by atoms with van der Waals surface area (Å²) < 4.78 is 5.49. The molecule has 0 radical (unpaired) electrons. The van der Waals surface area contributed by atoms with Crippen LogP contribution in [-0.4, -0.2) is 22.1 Å². The third-order valence-electron chi connectivity index (χ3n) is 2.25. The minimum Gasteiger partial charge on any atom is -0.421 e. The topological polar surface area (TPSA) is 68.0 Å². The number of nitrogens with zero attached hydrogens (tertiary/aromatic N) is 2. The Kier molecular flexibility index (Phi) is 4.09. The summed E-state index contributed by atoms with van der Waals surface area (Å²) in [6.45, 7) is 3.86. The Morgan fingerprint density at radius 3 is 3.00 bits per heavy atom. The standard InChI is InChI=1S/C12H15N3O2S/c1-8(2)13-10(16)3-4-11-14-15-12(17-11)9-5-6-18-7-9/h5-8H,3-4H2,1-2H3,(H,13,16). The van der Waals surface area contributed by atoms with E-state index >= 15 is 0 Å². The number of carbonyl (C=O) groups excluding carboxylic acids is 1. The molecule has 0 saturated carbocycles. The first kappa shape index (κ1) is 12.8. The first-order valence-corrected chi connectivity index (χ1v) is 6.73. The number of hydrogen-bond acceptors (Lipinski definition) is 5. The van der Waals surface area contributed by atoms with Crippen LogP contribution in [0.4, 0.5) is 0 Å². The maximum atomic E-state index is 11.5. The Hall–Kier alpha value is -1.69. The molecule has 1 amide bonds. The Morgan fingerprint density at radius 2 is 2.33 bits per heavy atom. The van der Waals surface area contributed by atoms with E-state index in [0.717, 1.165) is 5.56 Å². The van der Waals surface area contributed by atoms with E-state index in [1.54, 1.807) is 11.3 Å². The summed E-state index contributed by atoms with van der Waals surface area (Å²) in [5, 5.41) is 14.6. The lowest BCUT2D eigenvalue weighted by atomic mass is 10.3. The molecule has 0 aromatic carbocycles. The van der Waals surface area contributed by atoms with Crippen LogP contribution in [0.3, 0.4) is 0 Å². The number of nitrogens with one attached hydrogen (secondary N) is 1. The summed E-state index contributed by atoms with van der Waals surface area (Å²) in [5.74, 6) is 1.01. The van der Waals surface area contributed by atoms with Gasteiger partial charge in [0.05, 0.1) is 0 Å². The van der Waals surface area contributed by atoms with Gasteiger partial charge in [0, 0.05) is 29.8 Å². The predicted molar refractivity (Wildman–Crippen MR) is 69.2 cm³/mol. The molecule has 0 fully saturated rings. The highest BCUT2D eigenvalue weighted by Crippen LogP contribution is 2.20. The molecule has 0 aliphatic carbocycles. The van der Waals surface area contributed by atoms with E-state index < -0.39 is 0 Å². The zero-order valence-electron chi connectivity index (χ0n) is 10.3. The average Bonchev–Trinajstić information content (AvgIpc) is 2.96. The molecule has 6 heteroatoms. The summed E-state index contributed by atoms with van der Waals surface area (Å²) in [6.07, 6.45) is 0.832. The van der Waals surface area contributed by atoms with Gasteiger partial charge in [-0.3, -0.25) is 4.79 Å². The number of aryl methyl sites for hydroxylation is 1. The minimum atomic E-state index is 0.000262. The molecule has 2 rings (SSSR count). The van der Waals surface area contributed by atoms with E-state index in [9.17, 15) is 4.79 Å². The first-order valence-electron chi connectivity index (χ1n) is 5.79. The zero-order valence-corrected chi connectivity index (χ0v) is 11.2. The predicted octanol–water partition coefficient (Wildman–Crippen LogP) is 2.26. The molecule has 0 atom stereocenters. The van der Waals surface area contributed by atoms with Crippen molar-refractivity contribution in [3.05, 3.63) is 22.7 Å². The fourth-order valence-electron chi connectivity index (χ4n) is 1.47. The Morgan fingerprint density at radius 1 is 1.50 bits per heavy atom. The number of aromatic nitrogens is 2. The van der Waals surface area contributed by atoms with Crippen molar-refractivity contribution >= 4 is 17.2 Å². The molecule has 18 heavy (non-hydrogen) atoms. The van der Waals surface area contributed by atoms with E-state index in [2.05, 4.69) is 15.5 Å². The lowest BCUT2D eigenvalue weighted by Crippen LogP contribution is -2.30. The van der Waals surface area contributed by atoms with Gasteiger partial charge in [0.2, 0.25) is 17.7 Å². The number of thiophene rings is 1. The first-order chi connectivity index (χ1) is 8.65. The van der Waals surface area contributed by atoms with Crippen molar-refractivity contribution in [1.82, 2.24) is 15.5 Å². The van der Waals surface area contributed by atoms with Crippen LogP contribution in [0.1, 0.15) is 26.2 Å². The molecule has 0 bridgehead atoms. The Balaban J connectivity index is 1.89. The van der Waals surface area contributed by atoms with E-state index in [1.807, 2.05) is 30.7 Å². The van der Waals surface area contributed by atoms with Crippen LogP contribution in [0, 0.1) is 0 Å². The second-order valence-electron chi connectivity index (χ2n) is 4.24. The van der Waals surface area contributed by atoms with E-state index in [1.165, 1.54) is 0 Å². The van der Waals surface area contributed by atoms with Crippen molar-refractivity contribution in [2.75, 3.05) is 0 Å². The van der Waals surface area contributed by atoms with Gasteiger partial charge in [-0.15, -0.1) is 10.2 Å². The van der Waals surface area contributed by atoms with Crippen LogP contribution in [0.5, 0.6) is 0 Å². The monoisotopic (exact) mass is 265 g/mol. The summed E-state index contributed by atoms with van der Waals surface area (Å²) in [7, 11) is 0. The highest BCUT2D eigenvalue weighted by Gasteiger charge is 2.11. The maximum Gasteiger partial charge on any atom is 0.248 e. The Bertz CT molecular complexity index is 505. The SMILES string of the molecule is CC(C)NC(=O)CCc1nnc(-c2ccsc2)o1. The third kappa shape index (κ3) is 3.40. The van der Waals surface area contributed by atoms with Crippen molar-refractivity contribution in [1.29, 1.82) is 0 Å². The van der Waals surface area contributed by atoms with Gasteiger partial charge in [0.25, 0.3) is 0 Å². The molecule has 2 aromatic rings. The van der Waals surface area contributed by atoms with Gasteiger partial charge in [-0.25, -0.2) is 0 Å². The number of rotatable bonds is 5. The fraction of sp³-hybridized carbons (Fsp3) is 0.417. The summed E-state index contributed by atoms with van der Waals surface area (Å²) in [5.41, 5.74) is 0.922. The van der Waals surface area contributed by atoms with Crippen molar-refractivity contribution < 1.29 is 9.21 Å². The minimum absolute atomic E-state index is 0.000262. The quantitative estimate of drug-likeness (QED) is 0.900. The highest BCUT2D eigenvalue weighted by atomic mass is 32.1. The molecule has 0 aliphatic rings. The smallest absolute Gasteiger partial charge is 0.248 e. The summed E-state index contributed by atoms with van der Waals surface area (Å²) in [6, 6.07) is 2.08. The maximum absolute atomic E-state index is 11.5. The lowest BCUT2D eigenvalue weighted by molar-refractivity contribution is -0.121. The van der Waals surface area contributed by atoms with E-state index in [4.69, 9.17) is 4.42 Å². The van der Waals surface area contributed by atoms with Crippen molar-refractivity contribution in [2.45, 2.75) is 32.7 Å². The third-order valence-corrected chi connectivity index (χ3v) is 2.93. The molecular weight excluding hydrogens is 250 g/mol. The highest BCUT2D eigenvalue weighted by molar-refractivity contribution is 7.08. The van der Waals surface area contributed by atoms with Crippen LogP contribution < -0.4 is 5.32 Å². The van der Waals surface area contributed by atoms with Gasteiger partial charge < -0.3 is 9.73 Å². The van der Waals surface area contributed by atoms with Crippen molar-refractivity contribution in [3.8, 4) is 11.5 Å². The summed E-state index contributed by atoms with van der Waals surface area (Å²) >= 11 is 1.58. The Labute approximate surface area is 109 Å². The average molecular weight is 265 g/mol. The normalized spacial score (nSPS) is 10.8. The van der Waals surface area contributed by atoms with Crippen LogP contribution in [0.15, 0.2) is 21.2 Å². The molecule has 0 spiro atoms. The van der Waals surface area contributed by atoms with Crippen LogP contribution >= 0.6 is 11.3 Å². The van der Waals surface area contributed by atoms with Crippen LogP contribution in [0.25, 0.3) is 11.5 Å². The van der Waals surface area contributed by atoms with E-state index in [-0.39, 0.29) is 11.9 Å². The molecule has 2 heterocycles. The van der Waals surface area contributed by atoms with Gasteiger partial charge in [0.1, 0.15) is 0 Å². The van der Waals surface area contributed by atoms with Crippen LogP contribution in [0.2, 0.25) is 0 Å². The second-order valence-corrected chi connectivity index (χ2v) is 5.02. The number of hydrogen-bond donors (Lipinski definition) is 1. The largest absolute Gasteiger partial charge is 0.421 e.